The molecule has 3 unspecified atom stereocenters. The maximum absolute atomic E-state index is 13.4. The lowest BCUT2D eigenvalue weighted by molar-refractivity contribution is -0.0527. The highest BCUT2D eigenvalue weighted by molar-refractivity contribution is 7.61. The van der Waals surface area contributed by atoms with Crippen molar-refractivity contribution in [1.82, 2.24) is 14.3 Å². The summed E-state index contributed by atoms with van der Waals surface area (Å²) in [5.74, 6) is -0.543. The van der Waals surface area contributed by atoms with E-state index in [1.807, 2.05) is 0 Å². The molecule has 2 N–H and O–H groups in total. The van der Waals surface area contributed by atoms with Crippen molar-refractivity contribution in [2.24, 2.45) is 0 Å². The van der Waals surface area contributed by atoms with E-state index in [-0.39, 0.29) is 17.8 Å². The van der Waals surface area contributed by atoms with Crippen LogP contribution in [0.5, 0.6) is 0 Å². The number of halogens is 1. The van der Waals surface area contributed by atoms with Gasteiger partial charge in [0.25, 0.3) is 5.56 Å². The number of fused-ring (bicyclic) bond motifs is 1. The molecule has 0 bridgehead atoms. The van der Waals surface area contributed by atoms with Gasteiger partial charge in [0, 0.05) is 37.0 Å². The second kappa shape index (κ2) is 9.90. The summed E-state index contributed by atoms with van der Waals surface area (Å²) in [5, 5.41) is 25.0. The minimum absolute atomic E-state index is 0.135. The van der Waals surface area contributed by atoms with Crippen LogP contribution in [0, 0.1) is 5.82 Å². The summed E-state index contributed by atoms with van der Waals surface area (Å²) in [4.78, 5) is 25.5. The smallest absolute Gasteiger partial charge is 0.333 e. The number of benzene rings is 1. The molecule has 1 saturated heterocycles. The number of aromatic nitrogens is 3. The zero-order valence-corrected chi connectivity index (χ0v) is 20.3. The van der Waals surface area contributed by atoms with Crippen LogP contribution in [0.2, 0.25) is 0 Å². The molecule has 13 nitrogen and oxygen atoms in total. The Balaban J connectivity index is 1.58. The predicted molar refractivity (Wildman–Crippen MR) is 119 cm³/mol. The SMILES string of the molecule is C[PH](=O)OP(C)(=O)OC[C@H]1O[C@@H](n2ccc(=O)n(Cc3noc4cc(F)ccc34)c2=O)C(O)[C@H]1O. The van der Waals surface area contributed by atoms with E-state index in [0.717, 1.165) is 34.1 Å². The van der Waals surface area contributed by atoms with Crippen LogP contribution in [0.1, 0.15) is 11.9 Å². The quantitative estimate of drug-likeness (QED) is 0.394. The van der Waals surface area contributed by atoms with Gasteiger partial charge in [-0.3, -0.25) is 27.4 Å². The fourth-order valence-corrected chi connectivity index (χ4v) is 6.16. The van der Waals surface area contributed by atoms with E-state index in [1.165, 1.54) is 18.8 Å². The third-order valence-electron chi connectivity index (χ3n) is 5.29. The number of nitrogens with zero attached hydrogens (tertiary/aromatic N) is 3. The van der Waals surface area contributed by atoms with Crippen LogP contribution in [-0.4, -0.2) is 62.8 Å². The summed E-state index contributed by atoms with van der Waals surface area (Å²) in [6.45, 7) is 1.51. The summed E-state index contributed by atoms with van der Waals surface area (Å²) in [6, 6.07) is 4.76. The topological polar surface area (TPSA) is 172 Å². The van der Waals surface area contributed by atoms with Gasteiger partial charge >= 0.3 is 13.3 Å². The van der Waals surface area contributed by atoms with Gasteiger partial charge in [-0.2, -0.15) is 0 Å². The maximum atomic E-state index is 13.4. The standard InChI is InChI=1S/C19H22FN3O10P2/c1-34(28)33-35(2,29)30-9-14-16(25)17(26)18(31-14)22-6-5-15(24)23(19(22)27)8-12-11-4-3-10(20)7-13(11)32-21-12/h3-7,14,16-18,25-26,34H,8-9H2,1-2H3/t14-,16+,17?,18-,35?/m1/s1. The number of hydrogen-bond acceptors (Lipinski definition) is 11. The van der Waals surface area contributed by atoms with E-state index < -0.39 is 63.8 Å². The molecule has 0 aliphatic carbocycles. The van der Waals surface area contributed by atoms with Gasteiger partial charge in [-0.25, -0.2) is 9.18 Å². The molecule has 1 fully saturated rings. The van der Waals surface area contributed by atoms with E-state index in [0.29, 0.717) is 5.39 Å². The third-order valence-corrected chi connectivity index (χ3v) is 8.26. The monoisotopic (exact) mass is 533 g/mol. The van der Waals surface area contributed by atoms with Crippen molar-refractivity contribution < 1.29 is 41.8 Å². The molecule has 0 amide bonds. The fraction of sp³-hybridized carbons (Fsp3) is 0.421. The Kier molecular flexibility index (Phi) is 7.26. The molecule has 4 rings (SSSR count). The fourth-order valence-electron chi connectivity index (χ4n) is 3.66. The highest BCUT2D eigenvalue weighted by Gasteiger charge is 2.45. The highest BCUT2D eigenvalue weighted by Crippen LogP contribution is 2.51. The Morgan fingerprint density at radius 3 is 2.71 bits per heavy atom. The first kappa shape index (κ1) is 25.6. The van der Waals surface area contributed by atoms with Crippen molar-refractivity contribution in [2.75, 3.05) is 19.9 Å². The first-order chi connectivity index (χ1) is 16.5. The van der Waals surface area contributed by atoms with Crippen LogP contribution >= 0.6 is 15.6 Å². The molecule has 3 aromatic rings. The lowest BCUT2D eigenvalue weighted by Crippen LogP contribution is -2.43. The minimum Gasteiger partial charge on any atom is -0.387 e. The van der Waals surface area contributed by atoms with Crippen LogP contribution < -0.4 is 11.2 Å². The van der Waals surface area contributed by atoms with Crippen molar-refractivity contribution in [1.29, 1.82) is 0 Å². The highest BCUT2D eigenvalue weighted by atomic mass is 31.2. The first-order valence-corrected chi connectivity index (χ1v) is 14.1. The molecule has 3 heterocycles. The molecular weight excluding hydrogens is 511 g/mol. The van der Waals surface area contributed by atoms with Gasteiger partial charge in [0.05, 0.1) is 13.2 Å². The number of ether oxygens (including phenoxy) is 1. The molecule has 1 aliphatic heterocycles. The van der Waals surface area contributed by atoms with E-state index in [1.54, 1.807) is 0 Å². The number of aliphatic hydroxyl groups excluding tert-OH is 2. The summed E-state index contributed by atoms with van der Waals surface area (Å²) >= 11 is 0. The summed E-state index contributed by atoms with van der Waals surface area (Å²) in [7, 11) is -6.28. The molecule has 2 aromatic heterocycles. The van der Waals surface area contributed by atoms with E-state index >= 15 is 0 Å². The van der Waals surface area contributed by atoms with Crippen LogP contribution in [0.15, 0.2) is 44.6 Å². The summed E-state index contributed by atoms with van der Waals surface area (Å²) in [5.41, 5.74) is -1.24. The van der Waals surface area contributed by atoms with Crippen molar-refractivity contribution in [3.8, 4) is 0 Å². The zero-order chi connectivity index (χ0) is 25.5. The van der Waals surface area contributed by atoms with E-state index in [4.69, 9.17) is 18.1 Å². The van der Waals surface area contributed by atoms with Gasteiger partial charge < -0.3 is 24.0 Å². The summed E-state index contributed by atoms with van der Waals surface area (Å²) < 4.78 is 59.0. The van der Waals surface area contributed by atoms with Crippen LogP contribution in [-0.2, 0) is 29.2 Å². The number of hydrogen-bond donors (Lipinski definition) is 2. The Morgan fingerprint density at radius 2 is 2.00 bits per heavy atom. The predicted octanol–water partition coefficient (Wildman–Crippen LogP) is 0.918. The summed E-state index contributed by atoms with van der Waals surface area (Å²) in [6.07, 6.45) is -4.68. The van der Waals surface area contributed by atoms with Gasteiger partial charge in [0.2, 0.25) is 0 Å². The second-order valence-corrected chi connectivity index (χ2v) is 11.4. The average molecular weight is 533 g/mol. The Labute approximate surface area is 197 Å². The largest absolute Gasteiger partial charge is 0.387 e. The second-order valence-electron chi connectivity index (χ2n) is 7.90. The minimum atomic E-state index is -3.71. The molecule has 0 saturated carbocycles. The van der Waals surface area contributed by atoms with Crippen molar-refractivity contribution in [3.63, 3.8) is 0 Å². The molecule has 1 aliphatic rings. The average Bonchev–Trinajstić information content (AvgIpc) is 3.29. The molecule has 0 radical (unpaired) electrons. The molecule has 35 heavy (non-hydrogen) atoms. The number of rotatable bonds is 8. The van der Waals surface area contributed by atoms with Crippen LogP contribution in [0.25, 0.3) is 11.0 Å². The van der Waals surface area contributed by atoms with Crippen LogP contribution in [0.3, 0.4) is 0 Å². The molecule has 1 aromatic carbocycles. The first-order valence-electron chi connectivity index (χ1n) is 10.3. The Bertz CT molecular complexity index is 1440. The Morgan fingerprint density at radius 1 is 1.26 bits per heavy atom. The molecule has 190 valence electrons. The molecular formula is C19H22FN3O10P2. The lowest BCUT2D eigenvalue weighted by Gasteiger charge is -2.19. The zero-order valence-electron chi connectivity index (χ0n) is 18.4. The van der Waals surface area contributed by atoms with Gasteiger partial charge in [-0.05, 0) is 12.1 Å². The van der Waals surface area contributed by atoms with Gasteiger partial charge in [0.1, 0.15) is 29.8 Å². The Hall–Kier alpha value is -2.44. The van der Waals surface area contributed by atoms with Crippen LogP contribution in [0.4, 0.5) is 4.39 Å². The third kappa shape index (κ3) is 5.39. The van der Waals surface area contributed by atoms with Gasteiger partial charge in [0.15, 0.2) is 19.8 Å². The number of aliphatic hydroxyl groups is 2. The maximum Gasteiger partial charge on any atom is 0.333 e. The molecule has 16 heteroatoms. The van der Waals surface area contributed by atoms with E-state index in [2.05, 4.69) is 5.16 Å². The normalized spacial score (nSPS) is 25.1. The van der Waals surface area contributed by atoms with E-state index in [9.17, 15) is 33.3 Å². The van der Waals surface area contributed by atoms with Crippen molar-refractivity contribution in [3.05, 3.63) is 62.8 Å². The van der Waals surface area contributed by atoms with Crippen molar-refractivity contribution in [2.45, 2.75) is 31.1 Å². The van der Waals surface area contributed by atoms with Crippen molar-refractivity contribution >= 4 is 26.6 Å². The molecule has 6 atom stereocenters. The van der Waals surface area contributed by atoms with Gasteiger partial charge in [-0.15, -0.1) is 0 Å². The lowest BCUT2D eigenvalue weighted by atomic mass is 10.1. The molecule has 0 spiro atoms. The van der Waals surface area contributed by atoms with Gasteiger partial charge in [-0.1, -0.05) is 5.16 Å².